The number of fused-ring (bicyclic) bond motifs is 1. The van der Waals surface area contributed by atoms with Crippen molar-refractivity contribution in [3.63, 3.8) is 0 Å². The zero-order valence-corrected chi connectivity index (χ0v) is 13.0. The number of aryl methyl sites for hydroxylation is 1. The van der Waals surface area contributed by atoms with Gasteiger partial charge in [-0.25, -0.2) is 4.98 Å². The third kappa shape index (κ3) is 2.76. The Bertz CT molecular complexity index is 954. The van der Waals surface area contributed by atoms with Crippen molar-refractivity contribution in [3.8, 4) is 11.5 Å². The van der Waals surface area contributed by atoms with E-state index in [1.807, 2.05) is 30.3 Å². The molecule has 0 N–H and O–H groups in total. The van der Waals surface area contributed by atoms with Crippen LogP contribution in [0.3, 0.4) is 0 Å². The third-order valence-electron chi connectivity index (χ3n) is 4.00. The average Bonchev–Trinajstić information content (AvgIpc) is 3.01. The molecular weight excluding hydrogens is 282 g/mol. The van der Waals surface area contributed by atoms with Crippen molar-refractivity contribution in [3.05, 3.63) is 89.5 Å². The van der Waals surface area contributed by atoms with Crippen molar-refractivity contribution < 1.29 is 4.42 Å². The Kier molecular flexibility index (Phi) is 3.43. The molecule has 0 fully saturated rings. The lowest BCUT2D eigenvalue weighted by Crippen LogP contribution is -1.87. The van der Waals surface area contributed by atoms with Crippen LogP contribution < -0.4 is 0 Å². The number of rotatable bonds is 3. The molecule has 0 saturated carbocycles. The second-order valence-corrected chi connectivity index (χ2v) is 5.82. The number of para-hydroxylation sites is 1. The topological polar surface area (TPSA) is 26.0 Å². The largest absolute Gasteiger partial charge is 0.436 e. The normalized spacial score (nSPS) is 11.0. The number of hydrogen-bond donors (Lipinski definition) is 0. The molecule has 0 bridgehead atoms. The van der Waals surface area contributed by atoms with Gasteiger partial charge >= 0.3 is 0 Å². The van der Waals surface area contributed by atoms with Crippen LogP contribution in [-0.2, 0) is 6.42 Å². The van der Waals surface area contributed by atoms with Crippen LogP contribution in [0, 0.1) is 6.92 Å². The van der Waals surface area contributed by atoms with Gasteiger partial charge in [0, 0.05) is 17.5 Å². The summed E-state index contributed by atoms with van der Waals surface area (Å²) in [6, 6.07) is 24.8. The first-order valence-corrected chi connectivity index (χ1v) is 7.79. The lowest BCUT2D eigenvalue weighted by atomic mass is 10.0. The fourth-order valence-corrected chi connectivity index (χ4v) is 2.86. The van der Waals surface area contributed by atoms with E-state index in [-0.39, 0.29) is 0 Å². The van der Waals surface area contributed by atoms with E-state index in [4.69, 9.17) is 4.42 Å². The summed E-state index contributed by atoms with van der Waals surface area (Å²) < 4.78 is 6.10. The molecule has 0 radical (unpaired) electrons. The van der Waals surface area contributed by atoms with Gasteiger partial charge in [0.2, 0.25) is 5.89 Å². The van der Waals surface area contributed by atoms with Crippen LogP contribution in [0.1, 0.15) is 16.7 Å². The first-order valence-electron chi connectivity index (χ1n) is 7.79. The van der Waals surface area contributed by atoms with E-state index >= 15 is 0 Å². The van der Waals surface area contributed by atoms with Crippen molar-refractivity contribution in [1.29, 1.82) is 0 Å². The molecule has 3 aromatic carbocycles. The van der Waals surface area contributed by atoms with Crippen LogP contribution in [0.4, 0.5) is 0 Å². The lowest BCUT2D eigenvalue weighted by Gasteiger charge is -2.02. The molecule has 1 heterocycles. The molecular formula is C21H17NO. The minimum atomic E-state index is 0.684. The third-order valence-corrected chi connectivity index (χ3v) is 4.00. The molecule has 0 aliphatic heterocycles. The van der Waals surface area contributed by atoms with Gasteiger partial charge in [-0.05, 0) is 30.7 Å². The Morgan fingerprint density at radius 1 is 0.870 bits per heavy atom. The number of oxazole rings is 1. The Labute approximate surface area is 135 Å². The summed E-state index contributed by atoms with van der Waals surface area (Å²) in [4.78, 5) is 4.66. The Morgan fingerprint density at radius 3 is 2.52 bits per heavy atom. The lowest BCUT2D eigenvalue weighted by molar-refractivity contribution is 0.616. The molecule has 1 aromatic heterocycles. The van der Waals surface area contributed by atoms with Crippen molar-refractivity contribution in [2.75, 3.05) is 0 Å². The molecule has 0 unspecified atom stereocenters. The fourth-order valence-electron chi connectivity index (χ4n) is 2.86. The van der Waals surface area contributed by atoms with Gasteiger partial charge in [-0.15, -0.1) is 0 Å². The van der Waals surface area contributed by atoms with Crippen LogP contribution in [0.2, 0.25) is 0 Å². The molecule has 0 saturated heterocycles. The molecule has 2 heteroatoms. The maximum absolute atomic E-state index is 6.10. The molecule has 4 aromatic rings. The van der Waals surface area contributed by atoms with Gasteiger partial charge in [-0.2, -0.15) is 0 Å². The van der Waals surface area contributed by atoms with E-state index in [1.165, 1.54) is 16.7 Å². The van der Waals surface area contributed by atoms with Crippen molar-refractivity contribution in [2.45, 2.75) is 13.3 Å². The van der Waals surface area contributed by atoms with E-state index in [0.29, 0.717) is 5.89 Å². The highest BCUT2D eigenvalue weighted by Gasteiger charge is 2.12. The molecule has 2 nitrogen and oxygen atoms in total. The second kappa shape index (κ2) is 5.73. The van der Waals surface area contributed by atoms with E-state index < -0.39 is 0 Å². The predicted molar refractivity (Wildman–Crippen MR) is 93.4 cm³/mol. The summed E-state index contributed by atoms with van der Waals surface area (Å²) in [5.41, 5.74) is 6.46. The first-order chi connectivity index (χ1) is 11.3. The minimum Gasteiger partial charge on any atom is -0.436 e. The standard InChI is InChI=1S/C21H17NO/c1-15-7-5-11-18(13-15)21-22-19-12-6-10-17(20(19)23-21)14-16-8-3-2-4-9-16/h2-13H,14H2,1H3. The number of hydrogen-bond acceptors (Lipinski definition) is 2. The average molecular weight is 299 g/mol. The van der Waals surface area contributed by atoms with Crippen LogP contribution in [0.25, 0.3) is 22.6 Å². The predicted octanol–water partition coefficient (Wildman–Crippen LogP) is 5.39. The monoisotopic (exact) mass is 299 g/mol. The molecule has 4 rings (SSSR count). The smallest absolute Gasteiger partial charge is 0.227 e. The van der Waals surface area contributed by atoms with Crippen LogP contribution >= 0.6 is 0 Å². The summed E-state index contributed by atoms with van der Waals surface area (Å²) in [6.07, 6.45) is 0.848. The zero-order valence-electron chi connectivity index (χ0n) is 13.0. The summed E-state index contributed by atoms with van der Waals surface area (Å²) in [7, 11) is 0. The number of benzene rings is 3. The van der Waals surface area contributed by atoms with E-state index in [2.05, 4.69) is 54.4 Å². The highest BCUT2D eigenvalue weighted by molar-refractivity contribution is 5.79. The molecule has 0 aliphatic carbocycles. The zero-order chi connectivity index (χ0) is 15.6. The summed E-state index contributed by atoms with van der Waals surface area (Å²) in [5, 5.41) is 0. The number of aromatic nitrogens is 1. The molecule has 0 spiro atoms. The summed E-state index contributed by atoms with van der Waals surface area (Å²) in [5.74, 6) is 0.684. The van der Waals surface area contributed by atoms with Gasteiger partial charge in [0.05, 0.1) is 0 Å². The minimum absolute atomic E-state index is 0.684. The molecule has 23 heavy (non-hydrogen) atoms. The Morgan fingerprint density at radius 2 is 1.70 bits per heavy atom. The quantitative estimate of drug-likeness (QED) is 0.506. The Balaban J connectivity index is 1.78. The summed E-state index contributed by atoms with van der Waals surface area (Å²) >= 11 is 0. The van der Waals surface area contributed by atoms with Crippen LogP contribution in [0.15, 0.2) is 77.2 Å². The highest BCUT2D eigenvalue weighted by Crippen LogP contribution is 2.28. The molecule has 112 valence electrons. The van der Waals surface area contributed by atoms with Gasteiger partial charge < -0.3 is 4.42 Å². The maximum Gasteiger partial charge on any atom is 0.227 e. The van der Waals surface area contributed by atoms with Gasteiger partial charge in [0.1, 0.15) is 5.52 Å². The van der Waals surface area contributed by atoms with Gasteiger partial charge in [0.15, 0.2) is 5.58 Å². The van der Waals surface area contributed by atoms with Crippen LogP contribution in [0.5, 0.6) is 0 Å². The van der Waals surface area contributed by atoms with E-state index in [0.717, 1.165) is 23.1 Å². The second-order valence-electron chi connectivity index (χ2n) is 5.82. The Hall–Kier alpha value is -2.87. The van der Waals surface area contributed by atoms with Gasteiger partial charge in [-0.3, -0.25) is 0 Å². The van der Waals surface area contributed by atoms with Gasteiger partial charge in [0.25, 0.3) is 0 Å². The van der Waals surface area contributed by atoms with Crippen molar-refractivity contribution in [1.82, 2.24) is 4.98 Å². The molecule has 0 aliphatic rings. The maximum atomic E-state index is 6.10. The highest BCUT2D eigenvalue weighted by atomic mass is 16.3. The fraction of sp³-hybridized carbons (Fsp3) is 0.0952. The van der Waals surface area contributed by atoms with E-state index in [9.17, 15) is 0 Å². The van der Waals surface area contributed by atoms with E-state index in [1.54, 1.807) is 0 Å². The first kappa shape index (κ1) is 13.8. The van der Waals surface area contributed by atoms with Crippen LogP contribution in [-0.4, -0.2) is 4.98 Å². The number of nitrogens with zero attached hydrogens (tertiary/aromatic N) is 1. The van der Waals surface area contributed by atoms with Crippen molar-refractivity contribution >= 4 is 11.1 Å². The van der Waals surface area contributed by atoms with Crippen molar-refractivity contribution in [2.24, 2.45) is 0 Å². The molecule has 0 amide bonds. The van der Waals surface area contributed by atoms with Gasteiger partial charge in [-0.1, -0.05) is 60.2 Å². The molecule has 0 atom stereocenters. The summed E-state index contributed by atoms with van der Waals surface area (Å²) in [6.45, 7) is 2.08. The SMILES string of the molecule is Cc1cccc(-c2nc3cccc(Cc4ccccc4)c3o2)c1.